The molecular formula is C18H23BrF2N2O2. The number of hydrogen-bond acceptors (Lipinski definition) is 3. The first-order chi connectivity index (χ1) is 11.3. The van der Waals surface area contributed by atoms with Crippen molar-refractivity contribution in [2.45, 2.75) is 59.5 Å². The van der Waals surface area contributed by atoms with Crippen LogP contribution < -0.4 is 0 Å². The molecule has 0 saturated heterocycles. The topological polar surface area (TPSA) is 53.3 Å². The smallest absolute Gasteiger partial charge is 0.414 e. The molecule has 2 unspecified atom stereocenters. The van der Waals surface area contributed by atoms with Crippen LogP contribution in [0, 0.1) is 22.2 Å². The molecule has 1 amide bonds. The standard InChI is InChI=1S/C18H23BrF2N2O2/c1-16(2,3)25-15(24)23-10-18(5,8-13(20)21)12-6-11(19)7-17(4,9-22)14(12)23/h6,13H,7-8,10H2,1-5H3. The van der Waals surface area contributed by atoms with E-state index in [0.29, 0.717) is 17.7 Å². The van der Waals surface area contributed by atoms with Gasteiger partial charge in [-0.1, -0.05) is 22.9 Å². The summed E-state index contributed by atoms with van der Waals surface area (Å²) < 4.78 is 32.6. The van der Waals surface area contributed by atoms with Gasteiger partial charge in [-0.25, -0.2) is 13.6 Å². The van der Waals surface area contributed by atoms with Crippen molar-refractivity contribution in [3.63, 3.8) is 0 Å². The highest BCUT2D eigenvalue weighted by atomic mass is 79.9. The molecule has 7 heteroatoms. The maximum Gasteiger partial charge on any atom is 0.414 e. The number of nitrogens with zero attached hydrogens (tertiary/aromatic N) is 2. The van der Waals surface area contributed by atoms with Gasteiger partial charge < -0.3 is 4.74 Å². The van der Waals surface area contributed by atoms with Gasteiger partial charge in [0.1, 0.15) is 5.60 Å². The fourth-order valence-corrected chi connectivity index (χ4v) is 4.28. The van der Waals surface area contributed by atoms with Crippen LogP contribution in [0.25, 0.3) is 0 Å². The molecular weight excluding hydrogens is 394 g/mol. The predicted molar refractivity (Wildman–Crippen MR) is 94.0 cm³/mol. The third-order valence-electron chi connectivity index (χ3n) is 4.49. The number of amides is 1. The number of allylic oxidation sites excluding steroid dienone is 3. The van der Waals surface area contributed by atoms with E-state index < -0.39 is 28.9 Å². The van der Waals surface area contributed by atoms with Crippen molar-refractivity contribution in [2.24, 2.45) is 10.8 Å². The Morgan fingerprint density at radius 2 is 2.08 bits per heavy atom. The Morgan fingerprint density at radius 3 is 2.56 bits per heavy atom. The Morgan fingerprint density at radius 1 is 1.48 bits per heavy atom. The summed E-state index contributed by atoms with van der Waals surface area (Å²) in [6.45, 7) is 8.74. The molecule has 25 heavy (non-hydrogen) atoms. The summed E-state index contributed by atoms with van der Waals surface area (Å²) in [5.74, 6) is 0. The van der Waals surface area contributed by atoms with Gasteiger partial charge in [-0.3, -0.25) is 4.90 Å². The summed E-state index contributed by atoms with van der Waals surface area (Å²) >= 11 is 3.42. The zero-order valence-electron chi connectivity index (χ0n) is 15.1. The first-order valence-corrected chi connectivity index (χ1v) is 8.92. The average Bonchev–Trinajstić information content (AvgIpc) is 2.70. The van der Waals surface area contributed by atoms with Crippen LogP contribution in [0.1, 0.15) is 47.5 Å². The first-order valence-electron chi connectivity index (χ1n) is 8.12. The van der Waals surface area contributed by atoms with Crippen LogP contribution >= 0.6 is 15.9 Å². The molecule has 0 aromatic rings. The summed E-state index contributed by atoms with van der Waals surface area (Å²) in [5.41, 5.74) is -1.54. The van der Waals surface area contributed by atoms with Crippen molar-refractivity contribution in [1.82, 2.24) is 4.90 Å². The van der Waals surface area contributed by atoms with Crippen molar-refractivity contribution in [3.8, 4) is 6.07 Å². The Kier molecular flexibility index (Phi) is 5.08. The van der Waals surface area contributed by atoms with Gasteiger partial charge in [0, 0.05) is 30.5 Å². The van der Waals surface area contributed by atoms with Crippen LogP contribution in [0.2, 0.25) is 0 Å². The second-order valence-corrected chi connectivity index (χ2v) is 9.22. The molecule has 1 heterocycles. The van der Waals surface area contributed by atoms with E-state index in [9.17, 15) is 18.8 Å². The number of nitriles is 1. The molecule has 0 bridgehead atoms. The highest BCUT2D eigenvalue weighted by molar-refractivity contribution is 9.11. The minimum atomic E-state index is -2.51. The molecule has 1 aliphatic heterocycles. The van der Waals surface area contributed by atoms with E-state index in [-0.39, 0.29) is 13.0 Å². The highest BCUT2D eigenvalue weighted by Gasteiger charge is 2.52. The largest absolute Gasteiger partial charge is 0.443 e. The number of halogens is 3. The third-order valence-corrected chi connectivity index (χ3v) is 5.00. The van der Waals surface area contributed by atoms with Crippen LogP contribution in [-0.4, -0.2) is 29.6 Å². The van der Waals surface area contributed by atoms with Gasteiger partial charge in [-0.15, -0.1) is 0 Å². The zero-order chi connectivity index (χ0) is 19.2. The van der Waals surface area contributed by atoms with Crippen molar-refractivity contribution in [3.05, 3.63) is 21.8 Å². The molecule has 0 saturated carbocycles. The van der Waals surface area contributed by atoms with Gasteiger partial charge in [0.2, 0.25) is 6.43 Å². The monoisotopic (exact) mass is 416 g/mol. The van der Waals surface area contributed by atoms with Gasteiger partial charge in [0.25, 0.3) is 0 Å². The second-order valence-electron chi connectivity index (χ2n) is 8.20. The number of carbonyl (C=O) groups excluding carboxylic acids is 1. The quantitative estimate of drug-likeness (QED) is 0.608. The van der Waals surface area contributed by atoms with E-state index in [1.165, 1.54) is 4.90 Å². The Bertz CT molecular complexity index is 690. The molecule has 0 N–H and O–H groups in total. The van der Waals surface area contributed by atoms with E-state index in [4.69, 9.17) is 4.74 Å². The summed E-state index contributed by atoms with van der Waals surface area (Å²) in [7, 11) is 0. The maximum absolute atomic E-state index is 13.2. The lowest BCUT2D eigenvalue weighted by Crippen LogP contribution is -2.40. The third kappa shape index (κ3) is 3.89. The van der Waals surface area contributed by atoms with Crippen LogP contribution in [-0.2, 0) is 4.74 Å². The average molecular weight is 417 g/mol. The summed E-state index contributed by atoms with van der Waals surface area (Å²) in [6, 6.07) is 2.26. The Hall–Kier alpha value is -1.42. The molecule has 0 aromatic carbocycles. The molecule has 0 radical (unpaired) electrons. The van der Waals surface area contributed by atoms with Crippen molar-refractivity contribution in [1.29, 1.82) is 5.26 Å². The molecule has 1 aliphatic carbocycles. The lowest BCUT2D eigenvalue weighted by Gasteiger charge is -2.34. The fourth-order valence-electron chi connectivity index (χ4n) is 3.49. The molecule has 0 fully saturated rings. The van der Waals surface area contributed by atoms with E-state index >= 15 is 0 Å². The number of carbonyl (C=O) groups is 1. The minimum Gasteiger partial charge on any atom is -0.443 e. The van der Waals surface area contributed by atoms with E-state index in [1.807, 2.05) is 0 Å². The van der Waals surface area contributed by atoms with Gasteiger partial charge in [-0.2, -0.15) is 5.26 Å². The van der Waals surface area contributed by atoms with Crippen molar-refractivity contribution in [2.75, 3.05) is 6.54 Å². The van der Waals surface area contributed by atoms with Crippen molar-refractivity contribution >= 4 is 22.0 Å². The lowest BCUT2D eigenvalue weighted by molar-refractivity contribution is 0.0240. The van der Waals surface area contributed by atoms with Crippen LogP contribution in [0.3, 0.4) is 0 Å². The fraction of sp³-hybridized carbons (Fsp3) is 0.667. The van der Waals surface area contributed by atoms with Crippen molar-refractivity contribution < 1.29 is 18.3 Å². The normalized spacial score (nSPS) is 29.4. The van der Waals surface area contributed by atoms with E-state index in [1.54, 1.807) is 40.7 Å². The van der Waals surface area contributed by atoms with Gasteiger partial charge in [0.05, 0.1) is 11.5 Å². The van der Waals surface area contributed by atoms with Crippen LogP contribution in [0.5, 0.6) is 0 Å². The molecule has 0 aromatic heterocycles. The van der Waals surface area contributed by atoms with Crippen LogP contribution in [0.4, 0.5) is 13.6 Å². The zero-order valence-corrected chi connectivity index (χ0v) is 16.7. The highest BCUT2D eigenvalue weighted by Crippen LogP contribution is 2.54. The lowest BCUT2D eigenvalue weighted by atomic mass is 9.73. The Labute approximate surface area is 155 Å². The second kappa shape index (κ2) is 6.39. The number of hydrogen-bond donors (Lipinski definition) is 0. The summed E-state index contributed by atoms with van der Waals surface area (Å²) in [4.78, 5) is 14.1. The van der Waals surface area contributed by atoms with Crippen LogP contribution in [0.15, 0.2) is 21.8 Å². The number of alkyl halides is 2. The van der Waals surface area contributed by atoms with Gasteiger partial charge in [-0.05, 0) is 43.8 Å². The summed E-state index contributed by atoms with van der Waals surface area (Å²) in [6.07, 6.45) is -1.34. The van der Waals surface area contributed by atoms with E-state index in [2.05, 4.69) is 22.0 Å². The molecule has 138 valence electrons. The molecule has 2 aliphatic rings. The minimum absolute atomic E-state index is 0.0744. The van der Waals surface area contributed by atoms with Gasteiger partial charge in [0.15, 0.2) is 0 Å². The van der Waals surface area contributed by atoms with Gasteiger partial charge >= 0.3 is 6.09 Å². The molecule has 2 rings (SSSR count). The molecule has 2 atom stereocenters. The summed E-state index contributed by atoms with van der Waals surface area (Å²) in [5, 5.41) is 9.74. The number of rotatable bonds is 2. The molecule has 4 nitrogen and oxygen atoms in total. The first kappa shape index (κ1) is 19.9. The maximum atomic E-state index is 13.2. The molecule has 0 spiro atoms. The number of ether oxygens (including phenoxy) is 1. The Balaban J connectivity index is 2.57. The predicted octanol–water partition coefficient (Wildman–Crippen LogP) is 5.37. The van der Waals surface area contributed by atoms with E-state index in [0.717, 1.165) is 4.48 Å². The SMILES string of the molecule is CC(C)(C)OC(=O)N1CC(C)(CC(F)F)C2=C1C(C)(C#N)CC(Br)=C2.